The van der Waals surface area contributed by atoms with Crippen LogP contribution < -0.4 is 4.72 Å². The smallest absolute Gasteiger partial charge is 0.199 e. The molecule has 0 saturated carbocycles. The lowest BCUT2D eigenvalue weighted by Gasteiger charge is -2.18. The Morgan fingerprint density at radius 2 is 2.00 bits per heavy atom. The minimum absolute atomic E-state index is 0.0649. The summed E-state index contributed by atoms with van der Waals surface area (Å²) in [6, 6.07) is -0.0649. The molecule has 0 aliphatic carbocycles. The van der Waals surface area contributed by atoms with Crippen molar-refractivity contribution in [3.05, 3.63) is 0 Å². The molecule has 0 aromatic rings. The molecule has 0 rings (SSSR count). The second-order valence-electron chi connectivity index (χ2n) is 2.99. The van der Waals surface area contributed by atoms with Gasteiger partial charge >= 0.3 is 0 Å². The highest BCUT2D eigenvalue weighted by Crippen LogP contribution is 2.02. The fourth-order valence-corrected chi connectivity index (χ4v) is 1.97. The van der Waals surface area contributed by atoms with Crippen LogP contribution in [0.15, 0.2) is 0 Å². The van der Waals surface area contributed by atoms with E-state index >= 15 is 0 Å². The molecule has 4 nitrogen and oxygen atoms in total. The number of halogens is 1. The predicted molar refractivity (Wildman–Crippen MR) is 55.2 cm³/mol. The lowest BCUT2D eigenvalue weighted by atomic mass is 10.2. The van der Waals surface area contributed by atoms with Crippen LogP contribution in [0, 0.1) is 0 Å². The third-order valence-electron chi connectivity index (χ3n) is 1.75. The van der Waals surface area contributed by atoms with Gasteiger partial charge in [0.2, 0.25) is 0 Å². The highest BCUT2D eigenvalue weighted by Gasteiger charge is 2.17. The van der Waals surface area contributed by atoms with Crippen LogP contribution in [0.3, 0.4) is 0 Å². The first-order chi connectivity index (χ1) is 5.94. The molecule has 0 radical (unpaired) electrons. The van der Waals surface area contributed by atoms with Crippen LogP contribution in [0.5, 0.6) is 0 Å². The third-order valence-corrected chi connectivity index (χ3v) is 3.56. The molecule has 0 heterocycles. The Morgan fingerprint density at radius 3 is 2.31 bits per heavy atom. The molecule has 0 fully saturated rings. The first-order valence-electron chi connectivity index (χ1n) is 4.19. The number of alkyl halides is 1. The van der Waals surface area contributed by atoms with E-state index < -0.39 is 10.2 Å². The average Bonchev–Trinajstić information content (AvgIpc) is 2.03. The van der Waals surface area contributed by atoms with Gasteiger partial charge in [-0.2, -0.15) is 17.4 Å². The van der Waals surface area contributed by atoms with Gasteiger partial charge in [0.1, 0.15) is 0 Å². The highest BCUT2D eigenvalue weighted by molar-refractivity contribution is 7.87. The minimum atomic E-state index is -3.31. The molecule has 0 aliphatic rings. The molecule has 0 amide bonds. The van der Waals surface area contributed by atoms with E-state index in [4.69, 9.17) is 11.6 Å². The van der Waals surface area contributed by atoms with Gasteiger partial charge in [-0.1, -0.05) is 6.92 Å². The Morgan fingerprint density at radius 1 is 1.46 bits per heavy atom. The van der Waals surface area contributed by atoms with Gasteiger partial charge in [0, 0.05) is 26.0 Å². The summed E-state index contributed by atoms with van der Waals surface area (Å²) in [5.74, 6) is 0.467. The van der Waals surface area contributed by atoms with Crippen LogP contribution in [0.4, 0.5) is 0 Å². The summed E-state index contributed by atoms with van der Waals surface area (Å²) in [5.41, 5.74) is 0. The van der Waals surface area contributed by atoms with Crippen molar-refractivity contribution in [2.75, 3.05) is 20.0 Å². The minimum Gasteiger partial charge on any atom is -0.199 e. The van der Waals surface area contributed by atoms with E-state index in [0.29, 0.717) is 12.3 Å². The molecule has 0 spiro atoms. The molecule has 6 heteroatoms. The largest absolute Gasteiger partial charge is 0.279 e. The number of nitrogens with one attached hydrogen (secondary N) is 1. The number of hydrogen-bond donors (Lipinski definition) is 1. The van der Waals surface area contributed by atoms with Crippen molar-refractivity contribution < 1.29 is 8.42 Å². The maximum absolute atomic E-state index is 11.3. The first-order valence-corrected chi connectivity index (χ1v) is 6.17. The van der Waals surface area contributed by atoms with Gasteiger partial charge in [-0.05, 0) is 12.8 Å². The second kappa shape index (κ2) is 5.80. The lowest BCUT2D eigenvalue weighted by molar-refractivity contribution is 0.476. The van der Waals surface area contributed by atoms with Gasteiger partial charge in [-0.3, -0.25) is 0 Å². The molecule has 1 N–H and O–H groups in total. The van der Waals surface area contributed by atoms with E-state index in [1.165, 1.54) is 14.1 Å². The summed E-state index contributed by atoms with van der Waals surface area (Å²) in [5, 5.41) is 0. The highest BCUT2D eigenvalue weighted by atomic mass is 35.5. The number of nitrogens with zero attached hydrogens (tertiary/aromatic N) is 1. The van der Waals surface area contributed by atoms with Gasteiger partial charge in [0.05, 0.1) is 0 Å². The summed E-state index contributed by atoms with van der Waals surface area (Å²) in [6.45, 7) is 1.93. The van der Waals surface area contributed by atoms with E-state index in [1.54, 1.807) is 0 Å². The molecule has 0 aliphatic heterocycles. The maximum atomic E-state index is 11.3. The van der Waals surface area contributed by atoms with Crippen LogP contribution in [-0.4, -0.2) is 38.7 Å². The topological polar surface area (TPSA) is 49.4 Å². The Hall–Kier alpha value is 0.160. The van der Waals surface area contributed by atoms with Gasteiger partial charge in [-0.25, -0.2) is 0 Å². The molecule has 0 aromatic heterocycles. The molecule has 1 unspecified atom stereocenters. The number of hydrogen-bond acceptors (Lipinski definition) is 2. The Bertz CT molecular complexity index is 229. The Balaban J connectivity index is 4.23. The quantitative estimate of drug-likeness (QED) is 0.684. The van der Waals surface area contributed by atoms with Crippen molar-refractivity contribution in [1.29, 1.82) is 0 Å². The van der Waals surface area contributed by atoms with Crippen molar-refractivity contribution in [1.82, 2.24) is 9.03 Å². The van der Waals surface area contributed by atoms with Crippen molar-refractivity contribution in [3.63, 3.8) is 0 Å². The van der Waals surface area contributed by atoms with Crippen LogP contribution in [-0.2, 0) is 10.2 Å². The van der Waals surface area contributed by atoms with Gasteiger partial charge in [0.15, 0.2) is 0 Å². The van der Waals surface area contributed by atoms with E-state index in [1.807, 2.05) is 6.92 Å². The summed E-state index contributed by atoms with van der Waals surface area (Å²) >= 11 is 5.54. The monoisotopic (exact) mass is 228 g/mol. The molecular formula is C7H17ClN2O2S. The van der Waals surface area contributed by atoms with Crippen molar-refractivity contribution >= 4 is 21.8 Å². The fraction of sp³-hybridized carbons (Fsp3) is 1.00. The van der Waals surface area contributed by atoms with E-state index in [-0.39, 0.29) is 6.04 Å². The van der Waals surface area contributed by atoms with Crippen LogP contribution in [0.2, 0.25) is 0 Å². The van der Waals surface area contributed by atoms with E-state index in [2.05, 4.69) is 4.72 Å². The average molecular weight is 229 g/mol. The van der Waals surface area contributed by atoms with Crippen molar-refractivity contribution in [3.8, 4) is 0 Å². The summed E-state index contributed by atoms with van der Waals surface area (Å²) in [4.78, 5) is 0. The Labute approximate surface area is 85.4 Å². The second-order valence-corrected chi connectivity index (χ2v) is 5.28. The SMILES string of the molecule is CCC(CCCl)NS(=O)(=O)N(C)C. The van der Waals surface area contributed by atoms with Crippen molar-refractivity contribution in [2.45, 2.75) is 25.8 Å². The molecule has 13 heavy (non-hydrogen) atoms. The molecular weight excluding hydrogens is 212 g/mol. The maximum Gasteiger partial charge on any atom is 0.279 e. The third kappa shape index (κ3) is 4.81. The van der Waals surface area contributed by atoms with Crippen LogP contribution >= 0.6 is 11.6 Å². The standard InChI is InChI=1S/C7H17ClN2O2S/c1-4-7(5-6-8)9-13(11,12)10(2)3/h7,9H,4-6H2,1-3H3. The van der Waals surface area contributed by atoms with Crippen LogP contribution in [0.1, 0.15) is 19.8 Å². The molecule has 0 bridgehead atoms. The zero-order chi connectivity index (χ0) is 10.5. The number of rotatable bonds is 6. The van der Waals surface area contributed by atoms with Gasteiger partial charge in [-0.15, -0.1) is 11.6 Å². The van der Waals surface area contributed by atoms with E-state index in [0.717, 1.165) is 10.7 Å². The fourth-order valence-electron chi connectivity index (χ4n) is 0.794. The zero-order valence-corrected chi connectivity index (χ0v) is 9.82. The van der Waals surface area contributed by atoms with E-state index in [9.17, 15) is 8.42 Å². The predicted octanol–water partition coefficient (Wildman–Crippen LogP) is 0.790. The van der Waals surface area contributed by atoms with Gasteiger partial charge < -0.3 is 0 Å². The van der Waals surface area contributed by atoms with Crippen molar-refractivity contribution in [2.24, 2.45) is 0 Å². The lowest BCUT2D eigenvalue weighted by Crippen LogP contribution is -2.42. The summed E-state index contributed by atoms with van der Waals surface area (Å²) < 4.78 is 26.4. The summed E-state index contributed by atoms with van der Waals surface area (Å²) in [6.07, 6.45) is 1.41. The molecule has 80 valence electrons. The normalized spacial score (nSPS) is 14.8. The first kappa shape index (κ1) is 13.2. The van der Waals surface area contributed by atoms with Gasteiger partial charge in [0.25, 0.3) is 10.2 Å². The molecule has 0 saturated heterocycles. The zero-order valence-electron chi connectivity index (χ0n) is 8.25. The Kier molecular flexibility index (Phi) is 5.87. The summed E-state index contributed by atoms with van der Waals surface area (Å²) in [7, 11) is -0.315. The molecule has 0 aromatic carbocycles. The molecule has 1 atom stereocenters. The van der Waals surface area contributed by atoms with Crippen LogP contribution in [0.25, 0.3) is 0 Å².